The Kier molecular flexibility index (Phi) is 3.39. The highest BCUT2D eigenvalue weighted by atomic mass is 32.2. The zero-order valence-electron chi connectivity index (χ0n) is 6.53. The van der Waals surface area contributed by atoms with E-state index in [1.807, 2.05) is 12.1 Å². The second-order valence-corrected chi connectivity index (χ2v) is 3.86. The van der Waals surface area contributed by atoms with Crippen molar-refractivity contribution in [1.29, 1.82) is 0 Å². The van der Waals surface area contributed by atoms with Crippen molar-refractivity contribution in [1.82, 2.24) is 4.98 Å². The largest absolute Gasteiger partial charge is 0.329 e. The highest BCUT2D eigenvalue weighted by molar-refractivity contribution is 8.00. The van der Waals surface area contributed by atoms with Crippen molar-refractivity contribution >= 4 is 11.8 Å². The molecule has 0 radical (unpaired) electrons. The zero-order valence-corrected chi connectivity index (χ0v) is 7.34. The van der Waals surface area contributed by atoms with Gasteiger partial charge in [0.1, 0.15) is 0 Å². The van der Waals surface area contributed by atoms with Crippen molar-refractivity contribution in [3.8, 4) is 0 Å². The summed E-state index contributed by atoms with van der Waals surface area (Å²) in [6.07, 6.45) is 3.59. The number of hydrogen-bond donors (Lipinski definition) is 1. The molecule has 0 fully saturated rings. The van der Waals surface area contributed by atoms with Crippen LogP contribution in [0.5, 0.6) is 0 Å². The highest BCUT2D eigenvalue weighted by Crippen LogP contribution is 2.20. The van der Waals surface area contributed by atoms with Crippen molar-refractivity contribution in [3.05, 3.63) is 24.5 Å². The van der Waals surface area contributed by atoms with Crippen LogP contribution < -0.4 is 5.73 Å². The van der Waals surface area contributed by atoms with Crippen LogP contribution >= 0.6 is 11.8 Å². The van der Waals surface area contributed by atoms with E-state index in [2.05, 4.69) is 11.9 Å². The molecule has 1 heterocycles. The van der Waals surface area contributed by atoms with Crippen LogP contribution in [0.15, 0.2) is 29.4 Å². The average molecular weight is 168 g/mol. The van der Waals surface area contributed by atoms with Crippen LogP contribution in [0.25, 0.3) is 0 Å². The SMILES string of the molecule is CC(CN)Sc1ccncc1. The number of hydrogen-bond acceptors (Lipinski definition) is 3. The third-order valence-corrected chi connectivity index (χ3v) is 2.46. The number of aromatic nitrogens is 1. The molecule has 0 aliphatic heterocycles. The van der Waals surface area contributed by atoms with Crippen LogP contribution in [0.1, 0.15) is 6.92 Å². The van der Waals surface area contributed by atoms with Gasteiger partial charge < -0.3 is 5.73 Å². The number of nitrogens with zero attached hydrogens (tertiary/aromatic N) is 1. The number of pyridine rings is 1. The normalized spacial score (nSPS) is 12.9. The second-order valence-electron chi connectivity index (χ2n) is 2.35. The minimum atomic E-state index is 0.484. The molecule has 0 bridgehead atoms. The molecule has 1 aromatic heterocycles. The van der Waals surface area contributed by atoms with Gasteiger partial charge in [-0.3, -0.25) is 4.98 Å². The Morgan fingerprint density at radius 3 is 2.73 bits per heavy atom. The lowest BCUT2D eigenvalue weighted by Crippen LogP contribution is -2.12. The molecule has 0 aromatic carbocycles. The summed E-state index contributed by atoms with van der Waals surface area (Å²) in [5, 5.41) is 0.484. The molecule has 1 aromatic rings. The molecule has 2 N–H and O–H groups in total. The molecule has 0 aliphatic rings. The molecule has 0 saturated heterocycles. The highest BCUT2D eigenvalue weighted by Gasteiger charge is 1.99. The molecule has 1 atom stereocenters. The molecule has 3 heteroatoms. The molecule has 2 nitrogen and oxygen atoms in total. The molecule has 0 saturated carbocycles. The molecule has 0 spiro atoms. The van der Waals surface area contributed by atoms with E-state index < -0.39 is 0 Å². The summed E-state index contributed by atoms with van der Waals surface area (Å²) in [5.74, 6) is 0. The molecule has 1 rings (SSSR count). The minimum Gasteiger partial charge on any atom is -0.329 e. The van der Waals surface area contributed by atoms with E-state index in [0.29, 0.717) is 11.8 Å². The summed E-state index contributed by atoms with van der Waals surface area (Å²) in [6, 6.07) is 3.99. The molecule has 1 unspecified atom stereocenters. The second kappa shape index (κ2) is 4.36. The van der Waals surface area contributed by atoms with Crippen LogP contribution in [0.4, 0.5) is 0 Å². The average Bonchev–Trinajstić information content (AvgIpc) is 2.06. The lowest BCUT2D eigenvalue weighted by Gasteiger charge is -2.06. The van der Waals surface area contributed by atoms with Gasteiger partial charge in [-0.15, -0.1) is 11.8 Å². The van der Waals surface area contributed by atoms with Crippen molar-refractivity contribution in [2.24, 2.45) is 5.73 Å². The van der Waals surface area contributed by atoms with Gasteiger partial charge in [-0.1, -0.05) is 6.92 Å². The van der Waals surface area contributed by atoms with E-state index in [0.717, 1.165) is 0 Å². The predicted molar refractivity (Wildman–Crippen MR) is 48.6 cm³/mol. The number of rotatable bonds is 3. The van der Waals surface area contributed by atoms with E-state index >= 15 is 0 Å². The number of thioether (sulfide) groups is 1. The Balaban J connectivity index is 2.51. The first-order valence-corrected chi connectivity index (χ1v) is 4.47. The van der Waals surface area contributed by atoms with Gasteiger partial charge in [0.2, 0.25) is 0 Å². The molecule has 0 amide bonds. The third-order valence-electron chi connectivity index (χ3n) is 1.32. The Labute approximate surface area is 71.2 Å². The van der Waals surface area contributed by atoms with Crippen LogP contribution in [0.3, 0.4) is 0 Å². The first-order valence-electron chi connectivity index (χ1n) is 3.59. The lowest BCUT2D eigenvalue weighted by atomic mass is 10.5. The van der Waals surface area contributed by atoms with E-state index in [1.165, 1.54) is 4.90 Å². The maximum atomic E-state index is 5.48. The zero-order chi connectivity index (χ0) is 8.10. The maximum absolute atomic E-state index is 5.48. The molecule has 60 valence electrons. The third kappa shape index (κ3) is 2.91. The standard InChI is InChI=1S/C8H12N2S/c1-7(6-9)11-8-2-4-10-5-3-8/h2-5,7H,6,9H2,1H3. The Bertz CT molecular complexity index is 201. The van der Waals surface area contributed by atoms with Crippen molar-refractivity contribution < 1.29 is 0 Å². The maximum Gasteiger partial charge on any atom is 0.0278 e. The summed E-state index contributed by atoms with van der Waals surface area (Å²) in [7, 11) is 0. The summed E-state index contributed by atoms with van der Waals surface area (Å²) in [5.41, 5.74) is 5.48. The Morgan fingerprint density at radius 1 is 1.55 bits per heavy atom. The molecular weight excluding hydrogens is 156 g/mol. The van der Waals surface area contributed by atoms with Gasteiger partial charge in [0.05, 0.1) is 0 Å². The smallest absolute Gasteiger partial charge is 0.0278 e. The van der Waals surface area contributed by atoms with Gasteiger partial charge in [-0.25, -0.2) is 0 Å². The minimum absolute atomic E-state index is 0.484. The van der Waals surface area contributed by atoms with Crippen LogP contribution in [-0.4, -0.2) is 16.8 Å². The van der Waals surface area contributed by atoms with Crippen molar-refractivity contribution in [2.75, 3.05) is 6.54 Å². The van der Waals surface area contributed by atoms with Gasteiger partial charge in [0.15, 0.2) is 0 Å². The Morgan fingerprint density at radius 2 is 2.18 bits per heavy atom. The summed E-state index contributed by atoms with van der Waals surface area (Å²) in [6.45, 7) is 2.83. The fourth-order valence-corrected chi connectivity index (χ4v) is 1.54. The summed E-state index contributed by atoms with van der Waals surface area (Å²) in [4.78, 5) is 5.17. The Hall–Kier alpha value is -0.540. The summed E-state index contributed by atoms with van der Waals surface area (Å²) < 4.78 is 0. The van der Waals surface area contributed by atoms with Crippen LogP contribution in [-0.2, 0) is 0 Å². The van der Waals surface area contributed by atoms with Gasteiger partial charge in [-0.05, 0) is 12.1 Å². The van der Waals surface area contributed by atoms with E-state index in [-0.39, 0.29) is 0 Å². The van der Waals surface area contributed by atoms with Crippen molar-refractivity contribution in [3.63, 3.8) is 0 Å². The number of nitrogens with two attached hydrogens (primary N) is 1. The van der Waals surface area contributed by atoms with E-state index in [4.69, 9.17) is 5.73 Å². The van der Waals surface area contributed by atoms with E-state index in [9.17, 15) is 0 Å². The van der Waals surface area contributed by atoms with Gasteiger partial charge >= 0.3 is 0 Å². The first kappa shape index (κ1) is 8.56. The van der Waals surface area contributed by atoms with Gasteiger partial charge in [0, 0.05) is 29.1 Å². The summed E-state index contributed by atoms with van der Waals surface area (Å²) >= 11 is 1.78. The fourth-order valence-electron chi connectivity index (χ4n) is 0.697. The molecule has 11 heavy (non-hydrogen) atoms. The predicted octanol–water partition coefficient (Wildman–Crippen LogP) is 1.52. The molecular formula is C8H12N2S. The topological polar surface area (TPSA) is 38.9 Å². The first-order chi connectivity index (χ1) is 5.33. The van der Waals surface area contributed by atoms with Crippen LogP contribution in [0, 0.1) is 0 Å². The van der Waals surface area contributed by atoms with Gasteiger partial charge in [-0.2, -0.15) is 0 Å². The molecule has 0 aliphatic carbocycles. The fraction of sp³-hybridized carbons (Fsp3) is 0.375. The monoisotopic (exact) mass is 168 g/mol. The van der Waals surface area contributed by atoms with Crippen LogP contribution in [0.2, 0.25) is 0 Å². The van der Waals surface area contributed by atoms with Crippen molar-refractivity contribution in [2.45, 2.75) is 17.1 Å². The quantitative estimate of drug-likeness (QED) is 0.695. The van der Waals surface area contributed by atoms with Gasteiger partial charge in [0.25, 0.3) is 0 Å². The van der Waals surface area contributed by atoms with E-state index in [1.54, 1.807) is 24.2 Å². The lowest BCUT2D eigenvalue weighted by molar-refractivity contribution is 0.951.